The van der Waals surface area contributed by atoms with Crippen molar-refractivity contribution < 1.29 is 22.4 Å². The Morgan fingerprint density at radius 2 is 1.73 bits per heavy atom. The predicted octanol–water partition coefficient (Wildman–Crippen LogP) is 4.38. The minimum atomic E-state index is -4.77. The molecule has 3 aromatic carbocycles. The van der Waals surface area contributed by atoms with E-state index in [4.69, 9.17) is 5.73 Å². The van der Waals surface area contributed by atoms with Gasteiger partial charge in [-0.1, -0.05) is 18.2 Å². The minimum Gasteiger partial charge on any atom is -0.397 e. The number of nitrogens with two attached hydrogens (primary N) is 1. The van der Waals surface area contributed by atoms with E-state index in [1.165, 1.54) is 27.3 Å². The van der Waals surface area contributed by atoms with Crippen LogP contribution in [0.4, 0.5) is 28.9 Å². The smallest absolute Gasteiger partial charge is 0.397 e. The highest BCUT2D eigenvalue weighted by molar-refractivity contribution is 6.05. The molecule has 0 aliphatic carbocycles. The Bertz CT molecular complexity index is 1440. The summed E-state index contributed by atoms with van der Waals surface area (Å²) in [6, 6.07) is 13.2. The number of hydrogen-bond acceptors (Lipinski definition) is 3. The Morgan fingerprint density at radius 1 is 1.03 bits per heavy atom. The maximum Gasteiger partial charge on any atom is 0.416 e. The van der Waals surface area contributed by atoms with E-state index in [0.29, 0.717) is 11.0 Å². The van der Waals surface area contributed by atoms with Crippen LogP contribution < -0.4 is 16.7 Å². The van der Waals surface area contributed by atoms with Crippen molar-refractivity contribution in [2.45, 2.75) is 12.7 Å². The highest BCUT2D eigenvalue weighted by Crippen LogP contribution is 2.34. The summed E-state index contributed by atoms with van der Waals surface area (Å²) in [4.78, 5) is 25.2. The van der Waals surface area contributed by atoms with Gasteiger partial charge in [0.05, 0.1) is 34.5 Å². The number of carbonyl (C=O) groups is 1. The largest absolute Gasteiger partial charge is 0.416 e. The van der Waals surface area contributed by atoms with Gasteiger partial charge in [0.2, 0.25) is 0 Å². The van der Waals surface area contributed by atoms with Crippen molar-refractivity contribution in [2.75, 3.05) is 11.1 Å². The van der Waals surface area contributed by atoms with Crippen LogP contribution in [0.3, 0.4) is 0 Å². The molecule has 3 N–H and O–H groups in total. The van der Waals surface area contributed by atoms with Gasteiger partial charge >= 0.3 is 11.9 Å². The quantitative estimate of drug-likeness (QED) is 0.352. The average Bonchev–Trinajstić information content (AvgIpc) is 3.00. The zero-order valence-corrected chi connectivity index (χ0v) is 17.3. The second kappa shape index (κ2) is 8.12. The Kier molecular flexibility index (Phi) is 5.44. The standard InChI is InChI=1S/C23H18F4N4O2/c1-30-19-4-2-3-5-20(19)31(22(30)33)12-14-7-6-13(10-16(14)23(25,26)27)21(32)29-18-9-8-15(24)11-17(18)28/h2-11H,12,28H2,1H3,(H,29,32). The summed E-state index contributed by atoms with van der Waals surface area (Å²) in [5, 5.41) is 2.38. The van der Waals surface area contributed by atoms with Gasteiger partial charge in [-0.25, -0.2) is 9.18 Å². The van der Waals surface area contributed by atoms with Crippen molar-refractivity contribution in [3.05, 3.63) is 93.7 Å². The molecule has 0 fully saturated rings. The number of imidazole rings is 1. The molecule has 0 saturated carbocycles. The van der Waals surface area contributed by atoms with Crippen LogP contribution in [0.2, 0.25) is 0 Å². The molecular weight excluding hydrogens is 440 g/mol. The summed E-state index contributed by atoms with van der Waals surface area (Å²) >= 11 is 0. The van der Waals surface area contributed by atoms with E-state index in [1.807, 2.05) is 0 Å². The molecule has 0 aliphatic heterocycles. The van der Waals surface area contributed by atoms with Gasteiger partial charge in [-0.05, 0) is 48.0 Å². The van der Waals surface area contributed by atoms with Gasteiger partial charge in [0.15, 0.2) is 0 Å². The second-order valence-electron chi connectivity index (χ2n) is 7.47. The third-order valence-corrected chi connectivity index (χ3v) is 5.32. The number of fused-ring (bicyclic) bond motifs is 1. The van der Waals surface area contributed by atoms with Crippen LogP contribution in [-0.4, -0.2) is 15.0 Å². The number of benzene rings is 3. The lowest BCUT2D eigenvalue weighted by atomic mass is 10.0. The zero-order valence-electron chi connectivity index (χ0n) is 17.3. The highest BCUT2D eigenvalue weighted by Gasteiger charge is 2.34. The summed E-state index contributed by atoms with van der Waals surface area (Å²) in [7, 11) is 1.54. The van der Waals surface area contributed by atoms with E-state index in [0.717, 1.165) is 18.2 Å². The van der Waals surface area contributed by atoms with E-state index in [-0.39, 0.29) is 29.0 Å². The molecule has 10 heteroatoms. The number of nitrogen functional groups attached to an aromatic ring is 1. The summed E-state index contributed by atoms with van der Waals surface area (Å²) in [6.45, 7) is -0.332. The van der Waals surface area contributed by atoms with E-state index in [9.17, 15) is 27.2 Å². The molecule has 0 atom stereocenters. The van der Waals surface area contributed by atoms with Gasteiger partial charge in [0.1, 0.15) is 5.82 Å². The molecule has 0 bridgehead atoms. The zero-order chi connectivity index (χ0) is 23.9. The molecule has 33 heavy (non-hydrogen) atoms. The number of hydrogen-bond donors (Lipinski definition) is 2. The highest BCUT2D eigenvalue weighted by atomic mass is 19.4. The summed E-state index contributed by atoms with van der Waals surface area (Å²) in [5.74, 6) is -1.45. The normalized spacial score (nSPS) is 11.7. The predicted molar refractivity (Wildman–Crippen MR) is 116 cm³/mol. The number of nitrogens with zero attached hydrogens (tertiary/aromatic N) is 2. The summed E-state index contributed by atoms with van der Waals surface area (Å²) in [5.41, 5.74) is 4.80. The third-order valence-electron chi connectivity index (χ3n) is 5.32. The number of carbonyl (C=O) groups excluding carboxylic acids is 1. The monoisotopic (exact) mass is 458 g/mol. The lowest BCUT2D eigenvalue weighted by Gasteiger charge is -2.15. The number of amides is 1. The van der Waals surface area contributed by atoms with Crippen molar-refractivity contribution in [3.63, 3.8) is 0 Å². The first-order chi connectivity index (χ1) is 15.6. The Hall–Kier alpha value is -4.08. The van der Waals surface area contributed by atoms with Crippen LogP contribution >= 0.6 is 0 Å². The van der Waals surface area contributed by atoms with Gasteiger partial charge in [-0.2, -0.15) is 13.2 Å². The van der Waals surface area contributed by atoms with E-state index >= 15 is 0 Å². The number of nitrogens with one attached hydrogen (secondary N) is 1. The molecule has 0 spiro atoms. The Balaban J connectivity index is 1.72. The minimum absolute atomic E-state index is 0.0636. The second-order valence-corrected chi connectivity index (χ2v) is 7.47. The molecule has 4 aromatic rings. The van der Waals surface area contributed by atoms with Gasteiger partial charge < -0.3 is 11.1 Å². The first kappa shape index (κ1) is 22.1. The fraction of sp³-hybridized carbons (Fsp3) is 0.130. The first-order valence-corrected chi connectivity index (χ1v) is 9.77. The van der Waals surface area contributed by atoms with Gasteiger partial charge in [-0.3, -0.25) is 13.9 Å². The van der Waals surface area contributed by atoms with Gasteiger partial charge in [0.25, 0.3) is 5.91 Å². The van der Waals surface area contributed by atoms with Crippen molar-refractivity contribution in [2.24, 2.45) is 7.05 Å². The van der Waals surface area contributed by atoms with E-state index in [2.05, 4.69) is 5.32 Å². The van der Waals surface area contributed by atoms with Gasteiger partial charge in [-0.15, -0.1) is 0 Å². The average molecular weight is 458 g/mol. The SMILES string of the molecule is Cn1c(=O)n(Cc2ccc(C(=O)Nc3ccc(F)cc3N)cc2C(F)(F)F)c2ccccc21. The molecule has 0 aliphatic rings. The van der Waals surface area contributed by atoms with Crippen LogP contribution in [0.25, 0.3) is 11.0 Å². The number of anilines is 2. The van der Waals surface area contributed by atoms with Crippen molar-refractivity contribution >= 4 is 28.3 Å². The first-order valence-electron chi connectivity index (χ1n) is 9.77. The number of aromatic nitrogens is 2. The van der Waals surface area contributed by atoms with Crippen LogP contribution in [0.5, 0.6) is 0 Å². The molecule has 170 valence electrons. The third kappa shape index (κ3) is 4.19. The maximum atomic E-state index is 13.9. The number of rotatable bonds is 4. The van der Waals surface area contributed by atoms with E-state index < -0.39 is 29.2 Å². The summed E-state index contributed by atoms with van der Waals surface area (Å²) in [6.07, 6.45) is -4.77. The van der Waals surface area contributed by atoms with Crippen molar-refractivity contribution in [1.82, 2.24) is 9.13 Å². The molecule has 0 radical (unpaired) electrons. The molecule has 6 nitrogen and oxygen atoms in total. The Labute approximate surface area is 184 Å². The molecule has 1 amide bonds. The van der Waals surface area contributed by atoms with E-state index in [1.54, 1.807) is 31.3 Å². The molecule has 1 heterocycles. The maximum absolute atomic E-state index is 13.9. The molecule has 0 unspecified atom stereocenters. The van der Waals surface area contributed by atoms with Crippen LogP contribution in [0.1, 0.15) is 21.5 Å². The number of alkyl halides is 3. The fourth-order valence-electron chi connectivity index (χ4n) is 3.65. The Morgan fingerprint density at radius 3 is 2.39 bits per heavy atom. The number of aryl methyl sites for hydroxylation is 1. The lowest BCUT2D eigenvalue weighted by Crippen LogP contribution is -2.24. The number of para-hydroxylation sites is 2. The van der Waals surface area contributed by atoms with Gasteiger partial charge in [0, 0.05) is 12.6 Å². The molecule has 4 rings (SSSR count). The topological polar surface area (TPSA) is 82.0 Å². The van der Waals surface area contributed by atoms with Crippen LogP contribution in [0.15, 0.2) is 65.5 Å². The lowest BCUT2D eigenvalue weighted by molar-refractivity contribution is -0.138. The van der Waals surface area contributed by atoms with Crippen LogP contribution in [0, 0.1) is 5.82 Å². The van der Waals surface area contributed by atoms with Crippen molar-refractivity contribution in [3.8, 4) is 0 Å². The summed E-state index contributed by atoms with van der Waals surface area (Å²) < 4.78 is 57.4. The van der Waals surface area contributed by atoms with Crippen LogP contribution in [-0.2, 0) is 19.8 Å². The molecular formula is C23H18F4N4O2. The number of halogens is 4. The molecule has 1 aromatic heterocycles. The fourth-order valence-corrected chi connectivity index (χ4v) is 3.65. The molecule has 0 saturated heterocycles. The van der Waals surface area contributed by atoms with Crippen molar-refractivity contribution in [1.29, 1.82) is 0 Å².